The Balaban J connectivity index is 2.45. The number of hydrogen-bond acceptors (Lipinski definition) is 2. The molecule has 0 aliphatic heterocycles. The van der Waals surface area contributed by atoms with Crippen molar-refractivity contribution in [1.29, 1.82) is 0 Å². The third-order valence-electron chi connectivity index (χ3n) is 2.20. The first-order chi connectivity index (χ1) is 5.88. The van der Waals surface area contributed by atoms with Crippen LogP contribution in [0.4, 0.5) is 0 Å². The molecule has 1 heterocycles. The van der Waals surface area contributed by atoms with E-state index >= 15 is 0 Å². The lowest BCUT2D eigenvalue weighted by Gasteiger charge is -2.11. The zero-order valence-electron chi connectivity index (χ0n) is 7.62. The Morgan fingerprint density at radius 3 is 2.92 bits per heavy atom. The Morgan fingerprint density at radius 2 is 2.42 bits per heavy atom. The van der Waals surface area contributed by atoms with E-state index in [1.807, 2.05) is 11.3 Å². The van der Waals surface area contributed by atoms with E-state index in [0.717, 1.165) is 18.9 Å². The smallest absolute Gasteiger partial charge is 0.00760 e. The molecule has 1 atom stereocenters. The maximum atomic E-state index is 5.49. The highest BCUT2D eigenvalue weighted by molar-refractivity contribution is 7.10. The van der Waals surface area contributed by atoms with Gasteiger partial charge in [0.05, 0.1) is 0 Å². The topological polar surface area (TPSA) is 26.0 Å². The van der Waals surface area contributed by atoms with E-state index in [2.05, 4.69) is 24.4 Å². The van der Waals surface area contributed by atoms with Crippen LogP contribution in [-0.4, -0.2) is 6.54 Å². The van der Waals surface area contributed by atoms with Crippen LogP contribution in [0.5, 0.6) is 0 Å². The van der Waals surface area contributed by atoms with Gasteiger partial charge in [0.1, 0.15) is 0 Å². The second-order valence-electron chi connectivity index (χ2n) is 3.05. The van der Waals surface area contributed by atoms with Crippen molar-refractivity contribution < 1.29 is 0 Å². The number of thiophene rings is 1. The van der Waals surface area contributed by atoms with Crippen molar-refractivity contribution in [2.75, 3.05) is 6.54 Å². The minimum Gasteiger partial charge on any atom is -0.330 e. The summed E-state index contributed by atoms with van der Waals surface area (Å²) < 4.78 is 0. The Kier molecular flexibility index (Phi) is 4.33. The third-order valence-corrected chi connectivity index (χ3v) is 3.23. The zero-order chi connectivity index (χ0) is 8.81. The molecule has 0 saturated heterocycles. The first-order valence-corrected chi connectivity index (χ1v) is 5.50. The van der Waals surface area contributed by atoms with E-state index < -0.39 is 0 Å². The number of hydrogen-bond donors (Lipinski definition) is 1. The van der Waals surface area contributed by atoms with Crippen LogP contribution in [0.15, 0.2) is 17.5 Å². The fourth-order valence-corrected chi connectivity index (χ4v) is 2.38. The van der Waals surface area contributed by atoms with Crippen LogP contribution in [0.1, 0.15) is 37.0 Å². The third kappa shape index (κ3) is 2.61. The Hall–Kier alpha value is -0.340. The summed E-state index contributed by atoms with van der Waals surface area (Å²) in [6.45, 7) is 3.07. The SMILES string of the molecule is CCC(CCCN)c1cccs1. The minimum atomic E-state index is 0.744. The highest BCUT2D eigenvalue weighted by Crippen LogP contribution is 2.27. The van der Waals surface area contributed by atoms with E-state index in [9.17, 15) is 0 Å². The van der Waals surface area contributed by atoms with Gasteiger partial charge in [-0.05, 0) is 43.2 Å². The van der Waals surface area contributed by atoms with Gasteiger partial charge >= 0.3 is 0 Å². The summed E-state index contributed by atoms with van der Waals surface area (Å²) >= 11 is 1.87. The van der Waals surface area contributed by atoms with E-state index in [4.69, 9.17) is 5.73 Å². The average molecular weight is 183 g/mol. The lowest BCUT2D eigenvalue weighted by molar-refractivity contribution is 0.589. The van der Waals surface area contributed by atoms with E-state index in [0.29, 0.717) is 0 Å². The molecule has 0 bridgehead atoms. The fourth-order valence-electron chi connectivity index (χ4n) is 1.44. The summed E-state index contributed by atoms with van der Waals surface area (Å²) in [7, 11) is 0. The summed E-state index contributed by atoms with van der Waals surface area (Å²) in [5, 5.41) is 2.15. The molecule has 1 rings (SSSR count). The number of nitrogens with two attached hydrogens (primary N) is 1. The molecule has 0 aliphatic carbocycles. The van der Waals surface area contributed by atoms with E-state index in [-0.39, 0.29) is 0 Å². The summed E-state index contributed by atoms with van der Waals surface area (Å²) in [6, 6.07) is 4.36. The van der Waals surface area contributed by atoms with Crippen LogP contribution in [0, 0.1) is 0 Å². The Morgan fingerprint density at radius 1 is 1.58 bits per heavy atom. The van der Waals surface area contributed by atoms with Crippen LogP contribution in [0.2, 0.25) is 0 Å². The fraction of sp³-hybridized carbons (Fsp3) is 0.600. The predicted octanol–water partition coefficient (Wildman–Crippen LogP) is 2.98. The van der Waals surface area contributed by atoms with Crippen molar-refractivity contribution in [2.24, 2.45) is 5.73 Å². The quantitative estimate of drug-likeness (QED) is 0.746. The van der Waals surface area contributed by atoms with Gasteiger partial charge in [0.2, 0.25) is 0 Å². The van der Waals surface area contributed by atoms with Crippen molar-refractivity contribution in [3.63, 3.8) is 0 Å². The van der Waals surface area contributed by atoms with Gasteiger partial charge in [-0.1, -0.05) is 13.0 Å². The first-order valence-electron chi connectivity index (χ1n) is 4.62. The predicted molar refractivity (Wildman–Crippen MR) is 55.6 cm³/mol. The van der Waals surface area contributed by atoms with Crippen LogP contribution < -0.4 is 5.73 Å². The molecule has 0 aromatic carbocycles. The molecule has 0 saturated carbocycles. The second-order valence-corrected chi connectivity index (χ2v) is 4.03. The highest BCUT2D eigenvalue weighted by atomic mass is 32.1. The molecule has 0 fully saturated rings. The van der Waals surface area contributed by atoms with E-state index in [1.165, 1.54) is 17.7 Å². The minimum absolute atomic E-state index is 0.744. The summed E-state index contributed by atoms with van der Waals surface area (Å²) in [5.41, 5.74) is 5.49. The number of rotatable bonds is 5. The molecule has 0 amide bonds. The lowest BCUT2D eigenvalue weighted by atomic mass is 9.99. The maximum absolute atomic E-state index is 5.49. The molecule has 2 N–H and O–H groups in total. The summed E-state index contributed by atoms with van der Waals surface area (Å²) in [6.07, 6.45) is 3.63. The largest absolute Gasteiger partial charge is 0.330 e. The Bertz CT molecular complexity index is 194. The monoisotopic (exact) mass is 183 g/mol. The Labute approximate surface area is 78.6 Å². The van der Waals surface area contributed by atoms with Crippen molar-refractivity contribution >= 4 is 11.3 Å². The summed E-state index contributed by atoms with van der Waals surface area (Å²) in [4.78, 5) is 1.52. The van der Waals surface area contributed by atoms with E-state index in [1.54, 1.807) is 0 Å². The molecule has 12 heavy (non-hydrogen) atoms. The standard InChI is InChI=1S/C10H17NS/c1-2-9(5-3-7-11)10-6-4-8-12-10/h4,6,8-9H,2-3,5,7,11H2,1H3. The highest BCUT2D eigenvalue weighted by Gasteiger charge is 2.08. The molecule has 1 unspecified atom stereocenters. The van der Waals surface area contributed by atoms with Crippen molar-refractivity contribution in [3.8, 4) is 0 Å². The molecule has 68 valence electrons. The van der Waals surface area contributed by atoms with Crippen molar-refractivity contribution in [1.82, 2.24) is 0 Å². The van der Waals surface area contributed by atoms with Crippen molar-refractivity contribution in [3.05, 3.63) is 22.4 Å². The molecule has 1 aromatic rings. The van der Waals surface area contributed by atoms with Crippen LogP contribution in [0.25, 0.3) is 0 Å². The van der Waals surface area contributed by atoms with Crippen molar-refractivity contribution in [2.45, 2.75) is 32.1 Å². The molecule has 1 aromatic heterocycles. The normalized spacial score (nSPS) is 13.2. The molecule has 2 heteroatoms. The average Bonchev–Trinajstić information content (AvgIpc) is 2.59. The molecule has 0 radical (unpaired) electrons. The second kappa shape index (κ2) is 5.33. The van der Waals surface area contributed by atoms with Gasteiger partial charge in [0, 0.05) is 4.88 Å². The van der Waals surface area contributed by atoms with Gasteiger partial charge in [-0.15, -0.1) is 11.3 Å². The van der Waals surface area contributed by atoms with Gasteiger partial charge in [0.25, 0.3) is 0 Å². The van der Waals surface area contributed by atoms with Gasteiger partial charge in [0.15, 0.2) is 0 Å². The van der Waals surface area contributed by atoms with Gasteiger partial charge in [-0.3, -0.25) is 0 Å². The zero-order valence-corrected chi connectivity index (χ0v) is 8.44. The first kappa shape index (κ1) is 9.75. The van der Waals surface area contributed by atoms with Gasteiger partial charge < -0.3 is 5.73 Å². The van der Waals surface area contributed by atoms with Gasteiger partial charge in [-0.2, -0.15) is 0 Å². The van der Waals surface area contributed by atoms with Crippen LogP contribution in [-0.2, 0) is 0 Å². The molecule has 0 aliphatic rings. The molecule has 0 spiro atoms. The molecular weight excluding hydrogens is 166 g/mol. The lowest BCUT2D eigenvalue weighted by Crippen LogP contribution is -2.02. The summed E-state index contributed by atoms with van der Waals surface area (Å²) in [5.74, 6) is 0.744. The van der Waals surface area contributed by atoms with Crippen LogP contribution >= 0.6 is 11.3 Å². The molecular formula is C10H17NS. The van der Waals surface area contributed by atoms with Gasteiger partial charge in [-0.25, -0.2) is 0 Å². The van der Waals surface area contributed by atoms with Crippen LogP contribution in [0.3, 0.4) is 0 Å². The molecule has 1 nitrogen and oxygen atoms in total. The maximum Gasteiger partial charge on any atom is 0.00760 e.